The fraction of sp³-hybridized carbons (Fsp3) is 0.714. The first-order chi connectivity index (χ1) is 8.22. The van der Waals surface area contributed by atoms with E-state index in [0.717, 1.165) is 37.7 Å². The molecule has 0 radical (unpaired) electrons. The molecule has 1 saturated heterocycles. The Morgan fingerprint density at radius 1 is 1.35 bits per heavy atom. The third-order valence-electron chi connectivity index (χ3n) is 3.67. The molecule has 2 heterocycles. The van der Waals surface area contributed by atoms with Gasteiger partial charge in [-0.1, -0.05) is 13.3 Å². The number of hydrogen-bond acceptors (Lipinski definition) is 3. The Hall–Kier alpha value is -0.800. The molecule has 1 aliphatic rings. The first kappa shape index (κ1) is 12.7. The molecule has 1 aromatic rings. The molecule has 17 heavy (non-hydrogen) atoms. The molecule has 3 heteroatoms. The molecule has 1 fully saturated rings. The molecule has 3 nitrogen and oxygen atoms in total. The van der Waals surface area contributed by atoms with Crippen molar-refractivity contribution in [1.82, 2.24) is 10.2 Å². The van der Waals surface area contributed by atoms with Crippen molar-refractivity contribution in [1.29, 1.82) is 0 Å². The van der Waals surface area contributed by atoms with Crippen LogP contribution in [0, 0.1) is 13.8 Å². The minimum atomic E-state index is 0.467. The average Bonchev–Trinajstić information content (AvgIpc) is 2.67. The fourth-order valence-electron chi connectivity index (χ4n) is 2.54. The second-order valence-electron chi connectivity index (χ2n) is 4.98. The van der Waals surface area contributed by atoms with E-state index in [-0.39, 0.29) is 0 Å². The van der Waals surface area contributed by atoms with Gasteiger partial charge in [0.2, 0.25) is 0 Å². The third-order valence-corrected chi connectivity index (χ3v) is 3.67. The number of piperazine rings is 1. The molecule has 1 atom stereocenters. The van der Waals surface area contributed by atoms with Crippen LogP contribution in [0.25, 0.3) is 0 Å². The van der Waals surface area contributed by atoms with Crippen molar-refractivity contribution in [3.8, 4) is 0 Å². The van der Waals surface area contributed by atoms with E-state index < -0.39 is 0 Å². The highest BCUT2D eigenvalue weighted by molar-refractivity contribution is 5.21. The van der Waals surface area contributed by atoms with Gasteiger partial charge < -0.3 is 9.73 Å². The van der Waals surface area contributed by atoms with E-state index in [2.05, 4.69) is 37.1 Å². The lowest BCUT2D eigenvalue weighted by Crippen LogP contribution is -2.45. The topological polar surface area (TPSA) is 28.4 Å². The molecule has 0 amide bonds. The van der Waals surface area contributed by atoms with Gasteiger partial charge in [0.15, 0.2) is 0 Å². The van der Waals surface area contributed by atoms with Gasteiger partial charge in [0.05, 0.1) is 6.04 Å². The van der Waals surface area contributed by atoms with Crippen LogP contribution in [0.1, 0.15) is 42.9 Å². The Morgan fingerprint density at radius 2 is 2.06 bits per heavy atom. The van der Waals surface area contributed by atoms with Gasteiger partial charge in [0.1, 0.15) is 11.5 Å². The third kappa shape index (κ3) is 2.90. The Labute approximate surface area is 104 Å². The van der Waals surface area contributed by atoms with Crippen molar-refractivity contribution in [2.24, 2.45) is 0 Å². The zero-order chi connectivity index (χ0) is 12.3. The molecule has 0 saturated carbocycles. The maximum absolute atomic E-state index is 5.92. The zero-order valence-corrected chi connectivity index (χ0v) is 11.3. The number of nitrogens with one attached hydrogen (secondary N) is 1. The van der Waals surface area contributed by atoms with Gasteiger partial charge in [-0.05, 0) is 31.9 Å². The van der Waals surface area contributed by atoms with Crippen molar-refractivity contribution in [3.63, 3.8) is 0 Å². The molecule has 0 spiro atoms. The van der Waals surface area contributed by atoms with Crippen LogP contribution in [0.3, 0.4) is 0 Å². The first-order valence-electron chi connectivity index (χ1n) is 6.74. The lowest BCUT2D eigenvalue weighted by molar-refractivity contribution is 0.145. The highest BCUT2D eigenvalue weighted by Gasteiger charge is 2.24. The normalized spacial score (nSPS) is 19.5. The van der Waals surface area contributed by atoms with E-state index in [1.54, 1.807) is 0 Å². The smallest absolute Gasteiger partial charge is 0.121 e. The second kappa shape index (κ2) is 5.69. The van der Waals surface area contributed by atoms with Crippen molar-refractivity contribution in [3.05, 3.63) is 23.2 Å². The van der Waals surface area contributed by atoms with Gasteiger partial charge in [-0.15, -0.1) is 0 Å². The lowest BCUT2D eigenvalue weighted by atomic mass is 10.1. The molecule has 1 N–H and O–H groups in total. The van der Waals surface area contributed by atoms with Crippen molar-refractivity contribution < 1.29 is 4.42 Å². The van der Waals surface area contributed by atoms with E-state index in [0.29, 0.717) is 6.04 Å². The van der Waals surface area contributed by atoms with E-state index in [4.69, 9.17) is 4.42 Å². The van der Waals surface area contributed by atoms with Crippen LogP contribution in [0.2, 0.25) is 0 Å². The summed E-state index contributed by atoms with van der Waals surface area (Å²) in [7, 11) is 0. The van der Waals surface area contributed by atoms with E-state index in [1.165, 1.54) is 18.4 Å². The molecule has 2 rings (SSSR count). The summed E-state index contributed by atoms with van der Waals surface area (Å²) in [5.74, 6) is 2.22. The molecule has 1 aliphatic heterocycles. The molecule has 1 aromatic heterocycles. The highest BCUT2D eigenvalue weighted by atomic mass is 16.3. The summed E-state index contributed by atoms with van der Waals surface area (Å²) in [6, 6.07) is 2.69. The Kier molecular flexibility index (Phi) is 4.24. The summed E-state index contributed by atoms with van der Waals surface area (Å²) in [4.78, 5) is 2.55. The van der Waals surface area contributed by atoms with E-state index in [1.807, 2.05) is 0 Å². The maximum Gasteiger partial charge on any atom is 0.121 e. The molecular formula is C14H24N2O. The minimum absolute atomic E-state index is 0.467. The number of hydrogen-bond donors (Lipinski definition) is 1. The number of aryl methyl sites for hydroxylation is 2. The van der Waals surface area contributed by atoms with Crippen molar-refractivity contribution in [2.45, 2.75) is 39.7 Å². The summed E-state index contributed by atoms with van der Waals surface area (Å²) in [5.41, 5.74) is 1.27. The average molecular weight is 236 g/mol. The van der Waals surface area contributed by atoms with Gasteiger partial charge in [-0.25, -0.2) is 0 Å². The SMILES string of the molecule is CCC[C@@H](c1cc(C)c(C)o1)N1CCNCC1. The molecule has 0 aromatic carbocycles. The fourth-order valence-corrected chi connectivity index (χ4v) is 2.54. The van der Waals surface area contributed by atoms with Crippen LogP contribution in [0.5, 0.6) is 0 Å². The summed E-state index contributed by atoms with van der Waals surface area (Å²) >= 11 is 0. The van der Waals surface area contributed by atoms with Gasteiger partial charge in [-0.3, -0.25) is 4.90 Å². The summed E-state index contributed by atoms with van der Waals surface area (Å²) in [5, 5.41) is 3.41. The van der Waals surface area contributed by atoms with Gasteiger partial charge in [0, 0.05) is 26.2 Å². The van der Waals surface area contributed by atoms with Crippen molar-refractivity contribution >= 4 is 0 Å². The van der Waals surface area contributed by atoms with Crippen LogP contribution in [-0.4, -0.2) is 31.1 Å². The van der Waals surface area contributed by atoms with E-state index >= 15 is 0 Å². The van der Waals surface area contributed by atoms with Crippen molar-refractivity contribution in [2.75, 3.05) is 26.2 Å². The van der Waals surface area contributed by atoms with Crippen LogP contribution in [-0.2, 0) is 0 Å². The highest BCUT2D eigenvalue weighted by Crippen LogP contribution is 2.29. The number of nitrogens with zero attached hydrogens (tertiary/aromatic N) is 1. The molecule has 0 aliphatic carbocycles. The van der Waals surface area contributed by atoms with Crippen LogP contribution >= 0.6 is 0 Å². The number of rotatable bonds is 4. The second-order valence-corrected chi connectivity index (χ2v) is 4.98. The Balaban J connectivity index is 2.15. The summed E-state index contributed by atoms with van der Waals surface area (Å²) < 4.78 is 5.92. The quantitative estimate of drug-likeness (QED) is 0.871. The van der Waals surface area contributed by atoms with Crippen LogP contribution < -0.4 is 5.32 Å². The summed E-state index contributed by atoms with van der Waals surface area (Å²) in [6.07, 6.45) is 2.39. The van der Waals surface area contributed by atoms with E-state index in [9.17, 15) is 0 Å². The molecule has 96 valence electrons. The number of furan rings is 1. The summed E-state index contributed by atoms with van der Waals surface area (Å²) in [6.45, 7) is 10.9. The van der Waals surface area contributed by atoms with Crippen LogP contribution in [0.4, 0.5) is 0 Å². The van der Waals surface area contributed by atoms with Gasteiger partial charge >= 0.3 is 0 Å². The largest absolute Gasteiger partial charge is 0.464 e. The van der Waals surface area contributed by atoms with Gasteiger partial charge in [0.25, 0.3) is 0 Å². The minimum Gasteiger partial charge on any atom is -0.464 e. The Bertz CT molecular complexity index is 334. The molecular weight excluding hydrogens is 212 g/mol. The molecule has 0 bridgehead atoms. The van der Waals surface area contributed by atoms with Gasteiger partial charge in [-0.2, -0.15) is 0 Å². The first-order valence-corrected chi connectivity index (χ1v) is 6.74. The van der Waals surface area contributed by atoms with Crippen LogP contribution in [0.15, 0.2) is 10.5 Å². The Morgan fingerprint density at radius 3 is 2.59 bits per heavy atom. The molecule has 0 unspecified atom stereocenters. The predicted molar refractivity (Wildman–Crippen MR) is 70.3 cm³/mol. The monoisotopic (exact) mass is 236 g/mol. The standard InChI is InChI=1S/C14H24N2O/c1-4-5-13(16-8-6-15-7-9-16)14-10-11(2)12(3)17-14/h10,13,15H,4-9H2,1-3H3/t13-/m0/s1. The predicted octanol–water partition coefficient (Wildman–Crippen LogP) is 2.64. The zero-order valence-electron chi connectivity index (χ0n) is 11.3. The maximum atomic E-state index is 5.92. The lowest BCUT2D eigenvalue weighted by Gasteiger charge is -2.33.